The van der Waals surface area contributed by atoms with Gasteiger partial charge in [0, 0.05) is 17.8 Å². The fourth-order valence-corrected chi connectivity index (χ4v) is 1.45. The molecule has 1 N–H and O–H groups in total. The monoisotopic (exact) mass is 259 g/mol. The second kappa shape index (κ2) is 5.77. The van der Waals surface area contributed by atoms with E-state index in [-0.39, 0.29) is 5.75 Å². The van der Waals surface area contributed by atoms with Crippen LogP contribution >= 0.6 is 0 Å². The number of benzene rings is 1. The summed E-state index contributed by atoms with van der Waals surface area (Å²) in [6.45, 7) is 0. The summed E-state index contributed by atoms with van der Waals surface area (Å²) in [5.41, 5.74) is 0.339. The molecule has 2 rings (SSSR count). The summed E-state index contributed by atoms with van der Waals surface area (Å²) in [4.78, 5) is 14.4. The number of nitrogens with zero attached hydrogens (tertiary/aromatic N) is 1. The zero-order chi connectivity index (χ0) is 13.7. The van der Waals surface area contributed by atoms with E-state index in [1.807, 2.05) is 0 Å². The number of rotatable bonds is 4. The molecule has 19 heavy (non-hydrogen) atoms. The van der Waals surface area contributed by atoms with Gasteiger partial charge in [0.15, 0.2) is 11.6 Å². The molecule has 1 aromatic heterocycles. The third-order valence-corrected chi connectivity index (χ3v) is 2.26. The molecule has 0 radical (unpaired) electrons. The van der Waals surface area contributed by atoms with E-state index >= 15 is 0 Å². The van der Waals surface area contributed by atoms with Crippen molar-refractivity contribution in [3.8, 4) is 11.5 Å². The maximum Gasteiger partial charge on any atom is 0.328 e. The molecule has 0 aliphatic carbocycles. The molecule has 0 saturated carbocycles. The van der Waals surface area contributed by atoms with Crippen molar-refractivity contribution in [3.63, 3.8) is 0 Å². The minimum Gasteiger partial charge on any atom is -0.478 e. The van der Waals surface area contributed by atoms with E-state index in [9.17, 15) is 9.18 Å². The van der Waals surface area contributed by atoms with Gasteiger partial charge >= 0.3 is 5.97 Å². The lowest BCUT2D eigenvalue weighted by atomic mass is 10.2. The molecule has 0 fully saturated rings. The zero-order valence-electron chi connectivity index (χ0n) is 9.79. The zero-order valence-corrected chi connectivity index (χ0v) is 9.79. The van der Waals surface area contributed by atoms with Crippen molar-refractivity contribution < 1.29 is 19.0 Å². The summed E-state index contributed by atoms with van der Waals surface area (Å²) in [6.07, 6.45) is 5.21. The third-order valence-electron chi connectivity index (χ3n) is 2.26. The van der Waals surface area contributed by atoms with Crippen molar-refractivity contribution in [1.82, 2.24) is 4.98 Å². The topological polar surface area (TPSA) is 59.4 Å². The molecule has 96 valence electrons. The minimum absolute atomic E-state index is 0.0343. The van der Waals surface area contributed by atoms with Crippen LogP contribution in [0.4, 0.5) is 4.39 Å². The summed E-state index contributed by atoms with van der Waals surface area (Å²) in [5, 5.41) is 8.59. The van der Waals surface area contributed by atoms with Gasteiger partial charge in [0.05, 0.1) is 6.20 Å². The predicted molar refractivity (Wildman–Crippen MR) is 67.4 cm³/mol. The summed E-state index contributed by atoms with van der Waals surface area (Å²) in [6, 6.07) is 7.57. The first kappa shape index (κ1) is 12.8. The van der Waals surface area contributed by atoms with Crippen molar-refractivity contribution in [1.29, 1.82) is 0 Å². The van der Waals surface area contributed by atoms with Crippen LogP contribution in [-0.4, -0.2) is 16.1 Å². The van der Waals surface area contributed by atoms with Crippen molar-refractivity contribution in [2.45, 2.75) is 0 Å². The molecule has 0 aliphatic rings. The first-order valence-electron chi connectivity index (χ1n) is 5.44. The van der Waals surface area contributed by atoms with E-state index in [0.717, 1.165) is 6.08 Å². The van der Waals surface area contributed by atoms with Gasteiger partial charge in [-0.2, -0.15) is 0 Å². The molecular formula is C14H10FNO3. The Bertz CT molecular complexity index is 611. The Labute approximate surface area is 108 Å². The molecular weight excluding hydrogens is 249 g/mol. The number of halogens is 1. The van der Waals surface area contributed by atoms with E-state index < -0.39 is 11.8 Å². The number of para-hydroxylation sites is 1. The molecule has 0 amide bonds. The smallest absolute Gasteiger partial charge is 0.328 e. The van der Waals surface area contributed by atoms with Crippen LogP contribution < -0.4 is 4.74 Å². The number of ether oxygens (including phenoxy) is 1. The average molecular weight is 259 g/mol. The predicted octanol–water partition coefficient (Wildman–Crippen LogP) is 3.11. The van der Waals surface area contributed by atoms with E-state index in [4.69, 9.17) is 9.84 Å². The van der Waals surface area contributed by atoms with Gasteiger partial charge < -0.3 is 9.84 Å². The number of carboxylic acids is 1. The first-order chi connectivity index (χ1) is 9.16. The van der Waals surface area contributed by atoms with Crippen LogP contribution in [0.1, 0.15) is 5.56 Å². The Hall–Kier alpha value is -2.69. The molecule has 1 aromatic carbocycles. The van der Waals surface area contributed by atoms with Crippen molar-refractivity contribution in [3.05, 3.63) is 60.2 Å². The third kappa shape index (κ3) is 3.38. The van der Waals surface area contributed by atoms with Gasteiger partial charge in [0.1, 0.15) is 5.75 Å². The number of pyridine rings is 1. The number of carboxylic acid groups (broad SMARTS) is 1. The van der Waals surface area contributed by atoms with E-state index in [2.05, 4.69) is 4.98 Å². The molecule has 0 atom stereocenters. The SMILES string of the molecule is O=C(O)/C=C/c1cccc(F)c1Oc1cccnc1. The summed E-state index contributed by atoms with van der Waals surface area (Å²) < 4.78 is 19.1. The minimum atomic E-state index is -1.11. The molecule has 0 aliphatic heterocycles. The Morgan fingerprint density at radius 2 is 2.16 bits per heavy atom. The van der Waals surface area contributed by atoms with Gasteiger partial charge in [-0.3, -0.25) is 4.98 Å². The second-order valence-electron chi connectivity index (χ2n) is 3.62. The fourth-order valence-electron chi connectivity index (χ4n) is 1.45. The number of hydrogen-bond donors (Lipinski definition) is 1. The van der Waals surface area contributed by atoms with Crippen LogP contribution in [0.15, 0.2) is 48.8 Å². The van der Waals surface area contributed by atoms with Crippen LogP contribution in [0.2, 0.25) is 0 Å². The summed E-state index contributed by atoms with van der Waals surface area (Å²) in [7, 11) is 0. The Balaban J connectivity index is 2.35. The molecule has 4 nitrogen and oxygen atoms in total. The Morgan fingerprint density at radius 1 is 1.32 bits per heavy atom. The molecule has 0 unspecified atom stereocenters. The quantitative estimate of drug-likeness (QED) is 0.857. The highest BCUT2D eigenvalue weighted by Gasteiger charge is 2.09. The lowest BCUT2D eigenvalue weighted by molar-refractivity contribution is -0.131. The van der Waals surface area contributed by atoms with Gasteiger partial charge in [-0.1, -0.05) is 12.1 Å². The van der Waals surface area contributed by atoms with Crippen LogP contribution in [0.5, 0.6) is 11.5 Å². The number of hydrogen-bond acceptors (Lipinski definition) is 3. The maximum atomic E-state index is 13.7. The van der Waals surface area contributed by atoms with Gasteiger partial charge in [-0.25, -0.2) is 9.18 Å². The highest BCUT2D eigenvalue weighted by molar-refractivity contribution is 5.85. The lowest BCUT2D eigenvalue weighted by Gasteiger charge is -2.09. The number of aromatic nitrogens is 1. The number of aliphatic carboxylic acids is 1. The molecule has 2 aromatic rings. The van der Waals surface area contributed by atoms with E-state index in [1.54, 1.807) is 24.4 Å². The van der Waals surface area contributed by atoms with Crippen molar-refractivity contribution >= 4 is 12.0 Å². The second-order valence-corrected chi connectivity index (χ2v) is 3.62. The molecule has 0 saturated heterocycles. The largest absolute Gasteiger partial charge is 0.478 e. The van der Waals surface area contributed by atoms with Crippen LogP contribution in [0.25, 0.3) is 6.08 Å². The highest BCUT2D eigenvalue weighted by Crippen LogP contribution is 2.28. The fraction of sp³-hybridized carbons (Fsp3) is 0. The van der Waals surface area contributed by atoms with E-state index in [0.29, 0.717) is 11.3 Å². The molecule has 0 bridgehead atoms. The van der Waals surface area contributed by atoms with E-state index in [1.165, 1.54) is 24.4 Å². The maximum absolute atomic E-state index is 13.7. The van der Waals surface area contributed by atoms with Crippen LogP contribution in [-0.2, 0) is 4.79 Å². The Morgan fingerprint density at radius 3 is 2.84 bits per heavy atom. The molecule has 0 spiro atoms. The van der Waals surface area contributed by atoms with Gasteiger partial charge in [-0.15, -0.1) is 0 Å². The Kier molecular flexibility index (Phi) is 3.87. The normalized spacial score (nSPS) is 10.6. The van der Waals surface area contributed by atoms with Crippen molar-refractivity contribution in [2.24, 2.45) is 0 Å². The van der Waals surface area contributed by atoms with Gasteiger partial charge in [0.25, 0.3) is 0 Å². The average Bonchev–Trinajstić information content (AvgIpc) is 2.40. The highest BCUT2D eigenvalue weighted by atomic mass is 19.1. The lowest BCUT2D eigenvalue weighted by Crippen LogP contribution is -1.93. The molecule has 5 heteroatoms. The van der Waals surface area contributed by atoms with Crippen molar-refractivity contribution in [2.75, 3.05) is 0 Å². The standard InChI is InChI=1S/C14H10FNO3/c15-12-5-1-3-10(6-7-13(17)18)14(12)19-11-4-2-8-16-9-11/h1-9H,(H,17,18)/b7-6+. The first-order valence-corrected chi connectivity index (χ1v) is 5.44. The van der Waals surface area contributed by atoms with Gasteiger partial charge in [0.2, 0.25) is 0 Å². The number of carbonyl (C=O) groups is 1. The van der Waals surface area contributed by atoms with Gasteiger partial charge in [-0.05, 0) is 24.3 Å². The van der Waals surface area contributed by atoms with Crippen LogP contribution in [0.3, 0.4) is 0 Å². The summed E-state index contributed by atoms with van der Waals surface area (Å²) >= 11 is 0. The summed E-state index contributed by atoms with van der Waals surface area (Å²) in [5.74, 6) is -1.35. The molecule has 1 heterocycles. The van der Waals surface area contributed by atoms with Crippen LogP contribution in [0, 0.1) is 5.82 Å².